The number of rotatable bonds is 5. The van der Waals surface area contributed by atoms with Gasteiger partial charge in [-0.15, -0.1) is 0 Å². The van der Waals surface area contributed by atoms with Crippen molar-refractivity contribution in [2.24, 2.45) is 0 Å². The molecule has 2 N–H and O–H groups in total. The molecule has 0 radical (unpaired) electrons. The molecule has 5 nitrogen and oxygen atoms in total. The Hall–Kier alpha value is -1.30. The molecule has 1 aromatic rings. The molecule has 0 aliphatic carbocycles. The number of carbonyl (C=O) groups excluding carboxylic acids is 1. The second-order valence-electron chi connectivity index (χ2n) is 6.64. The molecule has 7 heteroatoms. The van der Waals surface area contributed by atoms with Crippen LogP contribution in [0, 0.1) is 0 Å². The summed E-state index contributed by atoms with van der Waals surface area (Å²) in [6.07, 6.45) is 0.633. The summed E-state index contributed by atoms with van der Waals surface area (Å²) in [5.41, 5.74) is 0.769. The van der Waals surface area contributed by atoms with Crippen molar-refractivity contribution in [1.82, 2.24) is 10.2 Å². The number of carboxylic acids is 1. The summed E-state index contributed by atoms with van der Waals surface area (Å²) in [4.78, 5) is 24.0. The first kappa shape index (κ1) is 21.7. The molecule has 1 amide bonds. The lowest BCUT2D eigenvalue weighted by atomic mass is 10.2. The lowest BCUT2D eigenvalue weighted by Gasteiger charge is -2.21. The zero-order chi connectivity index (χ0) is 19.1. The molecule has 0 spiro atoms. The van der Waals surface area contributed by atoms with Gasteiger partial charge in [0.1, 0.15) is 6.04 Å². The van der Waals surface area contributed by atoms with Crippen LogP contribution in [-0.2, 0) is 16.1 Å². The van der Waals surface area contributed by atoms with Gasteiger partial charge >= 0.3 is 5.97 Å². The largest absolute Gasteiger partial charge is 0.480 e. The van der Waals surface area contributed by atoms with Gasteiger partial charge in [0.25, 0.3) is 0 Å². The van der Waals surface area contributed by atoms with Crippen LogP contribution in [0.4, 0.5) is 0 Å². The predicted molar refractivity (Wildman–Crippen MR) is 101 cm³/mol. The molecule has 0 bridgehead atoms. The van der Waals surface area contributed by atoms with E-state index in [4.69, 9.17) is 28.3 Å². The maximum absolute atomic E-state index is 11.6. The summed E-state index contributed by atoms with van der Waals surface area (Å²) in [5, 5.41) is 13.2. The van der Waals surface area contributed by atoms with Gasteiger partial charge in [-0.25, -0.2) is 4.79 Å². The van der Waals surface area contributed by atoms with Crippen LogP contribution in [0.3, 0.4) is 0 Å². The molecule has 140 valence electrons. The molecule has 1 aliphatic rings. The predicted octanol–water partition coefficient (Wildman–Crippen LogP) is 3.96. The summed E-state index contributed by atoms with van der Waals surface area (Å²) >= 11 is 11.7. The number of aliphatic carboxylic acids is 1. The zero-order valence-electron chi connectivity index (χ0n) is 15.1. The van der Waals surface area contributed by atoms with Gasteiger partial charge in [-0.2, -0.15) is 0 Å². The van der Waals surface area contributed by atoms with Gasteiger partial charge in [0.05, 0.1) is 10.0 Å². The van der Waals surface area contributed by atoms with Crippen molar-refractivity contribution in [3.8, 4) is 0 Å². The van der Waals surface area contributed by atoms with Gasteiger partial charge in [0.15, 0.2) is 0 Å². The third-order valence-electron chi connectivity index (χ3n) is 3.62. The van der Waals surface area contributed by atoms with E-state index in [1.54, 1.807) is 18.2 Å². The molecule has 1 fully saturated rings. The molecule has 1 aromatic carbocycles. The Kier molecular flexibility index (Phi) is 8.69. The van der Waals surface area contributed by atoms with E-state index < -0.39 is 12.0 Å². The first-order valence-corrected chi connectivity index (χ1v) is 9.09. The van der Waals surface area contributed by atoms with Gasteiger partial charge in [-0.3, -0.25) is 4.79 Å². The van der Waals surface area contributed by atoms with E-state index in [9.17, 15) is 9.59 Å². The number of nitrogens with zero attached hydrogens (tertiary/aromatic N) is 1. The SMILES string of the molecule is CC(C)NC(C)C.O=C(O)[C@@H]1CCC(=O)N1Cc1ccc(Cl)c(Cl)c1. The van der Waals surface area contributed by atoms with Gasteiger partial charge in [-0.05, 0) is 24.1 Å². The third-order valence-corrected chi connectivity index (χ3v) is 4.36. The molecule has 25 heavy (non-hydrogen) atoms. The second kappa shape index (κ2) is 10.00. The van der Waals surface area contributed by atoms with E-state index in [2.05, 4.69) is 33.0 Å². The van der Waals surface area contributed by atoms with Crippen molar-refractivity contribution >= 4 is 35.1 Å². The number of nitrogens with one attached hydrogen (secondary N) is 1. The Labute approximate surface area is 159 Å². The molecule has 2 rings (SSSR count). The van der Waals surface area contributed by atoms with Crippen molar-refractivity contribution in [3.05, 3.63) is 33.8 Å². The molecule has 0 saturated carbocycles. The zero-order valence-corrected chi connectivity index (χ0v) is 16.6. The molecule has 1 atom stereocenters. The van der Waals surface area contributed by atoms with Gasteiger partial charge in [-0.1, -0.05) is 57.0 Å². The number of benzene rings is 1. The molecule has 0 unspecified atom stereocenters. The fourth-order valence-corrected chi connectivity index (χ4v) is 3.01. The average Bonchev–Trinajstić information content (AvgIpc) is 2.83. The smallest absolute Gasteiger partial charge is 0.326 e. The number of carboxylic acid groups (broad SMARTS) is 1. The van der Waals surface area contributed by atoms with Crippen molar-refractivity contribution < 1.29 is 14.7 Å². The van der Waals surface area contributed by atoms with E-state index in [0.29, 0.717) is 28.5 Å². The number of carbonyl (C=O) groups is 2. The second-order valence-corrected chi connectivity index (χ2v) is 7.45. The van der Waals surface area contributed by atoms with Crippen LogP contribution in [0.15, 0.2) is 18.2 Å². The van der Waals surface area contributed by atoms with Crippen molar-refractivity contribution in [2.75, 3.05) is 0 Å². The molecular formula is C18H26Cl2N2O3. The van der Waals surface area contributed by atoms with E-state index in [0.717, 1.165) is 5.56 Å². The van der Waals surface area contributed by atoms with Crippen LogP contribution in [0.1, 0.15) is 46.1 Å². The normalized spacial score (nSPS) is 17.0. The Morgan fingerprint density at radius 1 is 1.24 bits per heavy atom. The van der Waals surface area contributed by atoms with Crippen LogP contribution in [0.2, 0.25) is 10.0 Å². The first-order valence-electron chi connectivity index (χ1n) is 8.34. The van der Waals surface area contributed by atoms with E-state index >= 15 is 0 Å². The molecular weight excluding hydrogens is 363 g/mol. The van der Waals surface area contributed by atoms with Crippen molar-refractivity contribution in [3.63, 3.8) is 0 Å². The van der Waals surface area contributed by atoms with E-state index in [1.807, 2.05) is 0 Å². The average molecular weight is 389 g/mol. The number of likely N-dealkylation sites (tertiary alicyclic amines) is 1. The van der Waals surface area contributed by atoms with Gasteiger partial charge in [0.2, 0.25) is 5.91 Å². The summed E-state index contributed by atoms with van der Waals surface area (Å²) in [6.45, 7) is 8.85. The van der Waals surface area contributed by atoms with Crippen LogP contribution in [-0.4, -0.2) is 40.0 Å². The summed E-state index contributed by atoms with van der Waals surface area (Å²) in [7, 11) is 0. The van der Waals surface area contributed by atoms with Gasteiger partial charge < -0.3 is 15.3 Å². The quantitative estimate of drug-likeness (QED) is 0.800. The lowest BCUT2D eigenvalue weighted by molar-refractivity contribution is -0.146. The number of amides is 1. The van der Waals surface area contributed by atoms with Crippen LogP contribution in [0.25, 0.3) is 0 Å². The fourth-order valence-electron chi connectivity index (χ4n) is 2.69. The van der Waals surface area contributed by atoms with Crippen molar-refractivity contribution in [1.29, 1.82) is 0 Å². The van der Waals surface area contributed by atoms with Gasteiger partial charge in [0, 0.05) is 25.0 Å². The fraction of sp³-hybridized carbons (Fsp3) is 0.556. The Morgan fingerprint density at radius 3 is 2.28 bits per heavy atom. The Balaban J connectivity index is 0.000000381. The lowest BCUT2D eigenvalue weighted by Crippen LogP contribution is -2.37. The minimum atomic E-state index is -0.971. The maximum atomic E-state index is 11.6. The number of hydrogen-bond acceptors (Lipinski definition) is 3. The van der Waals surface area contributed by atoms with E-state index in [-0.39, 0.29) is 18.9 Å². The Bertz CT molecular complexity index is 600. The first-order chi connectivity index (χ1) is 11.6. The molecule has 1 aliphatic heterocycles. The standard InChI is InChI=1S/C12H11Cl2NO3.C6H15N/c13-8-2-1-7(5-9(8)14)6-15-10(12(17)18)3-4-11(15)16;1-5(2)7-6(3)4/h1-2,5,10H,3-4,6H2,(H,17,18);5-7H,1-4H3/t10-;/m0./s1. The Morgan fingerprint density at radius 2 is 1.84 bits per heavy atom. The van der Waals surface area contributed by atoms with Crippen LogP contribution < -0.4 is 5.32 Å². The molecule has 0 aromatic heterocycles. The number of halogens is 2. The minimum Gasteiger partial charge on any atom is -0.480 e. The van der Waals surface area contributed by atoms with Crippen molar-refractivity contribution in [2.45, 2.75) is 65.2 Å². The maximum Gasteiger partial charge on any atom is 0.326 e. The molecule has 1 heterocycles. The monoisotopic (exact) mass is 388 g/mol. The summed E-state index contributed by atoms with van der Waals surface area (Å²) in [6, 6.07) is 5.52. The highest BCUT2D eigenvalue weighted by Gasteiger charge is 2.35. The highest BCUT2D eigenvalue weighted by molar-refractivity contribution is 6.42. The summed E-state index contributed by atoms with van der Waals surface area (Å²) < 4.78 is 0. The highest BCUT2D eigenvalue weighted by Crippen LogP contribution is 2.26. The molecule has 1 saturated heterocycles. The third kappa shape index (κ3) is 7.22. The topological polar surface area (TPSA) is 69.6 Å². The number of hydrogen-bond donors (Lipinski definition) is 2. The van der Waals surface area contributed by atoms with Crippen LogP contribution >= 0.6 is 23.2 Å². The van der Waals surface area contributed by atoms with Crippen LogP contribution in [0.5, 0.6) is 0 Å². The highest BCUT2D eigenvalue weighted by atomic mass is 35.5. The van der Waals surface area contributed by atoms with E-state index in [1.165, 1.54) is 4.90 Å². The summed E-state index contributed by atoms with van der Waals surface area (Å²) in [5.74, 6) is -1.12. The minimum absolute atomic E-state index is 0.145.